The van der Waals surface area contributed by atoms with Crippen molar-refractivity contribution in [3.05, 3.63) is 18.2 Å². The molecule has 84 valence electrons. The van der Waals surface area contributed by atoms with E-state index in [0.29, 0.717) is 13.1 Å². The van der Waals surface area contributed by atoms with E-state index in [1.165, 1.54) is 0 Å². The minimum Gasteiger partial charge on any atom is -0.350 e. The third-order valence-electron chi connectivity index (χ3n) is 2.30. The zero-order valence-electron chi connectivity index (χ0n) is 8.99. The lowest BCUT2D eigenvalue weighted by Crippen LogP contribution is -2.29. The number of nitrogens with zero attached hydrogens (tertiary/aromatic N) is 1. The van der Waals surface area contributed by atoms with Crippen molar-refractivity contribution in [2.24, 2.45) is 11.7 Å². The summed E-state index contributed by atoms with van der Waals surface area (Å²) in [4.78, 5) is 18.4. The van der Waals surface area contributed by atoms with Crippen LogP contribution in [0.3, 0.4) is 0 Å². The van der Waals surface area contributed by atoms with Crippen LogP contribution in [-0.2, 0) is 11.3 Å². The van der Waals surface area contributed by atoms with Crippen molar-refractivity contribution in [3.8, 4) is 0 Å². The highest BCUT2D eigenvalue weighted by Gasteiger charge is 2.11. The highest BCUT2D eigenvalue weighted by Crippen LogP contribution is 2.04. The quantitative estimate of drug-likeness (QED) is 0.635. The summed E-state index contributed by atoms with van der Waals surface area (Å²) in [6.07, 6.45) is 5.02. The number of carbonyl (C=O) groups is 1. The van der Waals surface area contributed by atoms with Gasteiger partial charge in [-0.2, -0.15) is 0 Å². The van der Waals surface area contributed by atoms with Crippen molar-refractivity contribution in [2.45, 2.75) is 26.3 Å². The summed E-state index contributed by atoms with van der Waals surface area (Å²) in [5.74, 6) is 0.0921. The molecular weight excluding hydrogens is 192 g/mol. The van der Waals surface area contributed by atoms with Crippen molar-refractivity contribution in [3.63, 3.8) is 0 Å². The first-order valence-corrected chi connectivity index (χ1v) is 5.19. The van der Waals surface area contributed by atoms with E-state index in [9.17, 15) is 4.79 Å². The topological polar surface area (TPSA) is 83.8 Å². The first-order chi connectivity index (χ1) is 7.24. The molecule has 4 N–H and O–H groups in total. The van der Waals surface area contributed by atoms with Crippen LogP contribution in [-0.4, -0.2) is 22.4 Å². The van der Waals surface area contributed by atoms with Crippen molar-refractivity contribution >= 4 is 5.91 Å². The number of H-pyrrole nitrogens is 1. The molecule has 5 heteroatoms. The van der Waals surface area contributed by atoms with Crippen LogP contribution < -0.4 is 11.1 Å². The number of rotatable bonds is 6. The number of nitrogens with two attached hydrogens (primary N) is 1. The molecule has 1 rings (SSSR count). The first-order valence-electron chi connectivity index (χ1n) is 5.19. The number of imidazole rings is 1. The molecule has 0 saturated carbocycles. The van der Waals surface area contributed by atoms with Crippen LogP contribution >= 0.6 is 0 Å². The molecule has 5 nitrogen and oxygen atoms in total. The van der Waals surface area contributed by atoms with Crippen molar-refractivity contribution in [1.82, 2.24) is 15.3 Å². The van der Waals surface area contributed by atoms with E-state index in [-0.39, 0.29) is 11.8 Å². The minimum atomic E-state index is 0.0245. The molecule has 1 unspecified atom stereocenters. The maximum atomic E-state index is 11.6. The van der Waals surface area contributed by atoms with Crippen LogP contribution in [0.5, 0.6) is 0 Å². The van der Waals surface area contributed by atoms with E-state index in [4.69, 9.17) is 5.73 Å². The third kappa shape index (κ3) is 4.12. The van der Waals surface area contributed by atoms with E-state index in [1.807, 2.05) is 6.92 Å². The van der Waals surface area contributed by atoms with E-state index >= 15 is 0 Å². The summed E-state index contributed by atoms with van der Waals surface area (Å²) in [5, 5.41) is 2.84. The fraction of sp³-hybridized carbons (Fsp3) is 0.600. The molecule has 0 aliphatic rings. The predicted octanol–water partition coefficient (Wildman–Crippen LogP) is 0.401. The standard InChI is InChI=1S/C10H18N4O/c1-8(3-2-4-11)10(15)13-6-9-5-12-7-14-9/h5,7-8H,2-4,6,11H2,1H3,(H,12,14)(H,13,15). The van der Waals surface area contributed by atoms with Gasteiger partial charge in [0.2, 0.25) is 5.91 Å². The fourth-order valence-electron chi connectivity index (χ4n) is 1.29. The first kappa shape index (κ1) is 11.7. The van der Waals surface area contributed by atoms with Crippen LogP contribution in [0.1, 0.15) is 25.5 Å². The van der Waals surface area contributed by atoms with E-state index in [1.54, 1.807) is 12.5 Å². The molecule has 0 aromatic carbocycles. The number of aromatic amines is 1. The van der Waals surface area contributed by atoms with Gasteiger partial charge in [-0.25, -0.2) is 4.98 Å². The molecule has 1 heterocycles. The minimum absolute atomic E-state index is 0.0245. The normalized spacial score (nSPS) is 12.4. The zero-order valence-corrected chi connectivity index (χ0v) is 8.99. The fourth-order valence-corrected chi connectivity index (χ4v) is 1.29. The molecule has 0 fully saturated rings. The van der Waals surface area contributed by atoms with Gasteiger partial charge >= 0.3 is 0 Å². The highest BCUT2D eigenvalue weighted by atomic mass is 16.1. The smallest absolute Gasteiger partial charge is 0.223 e. The number of carbonyl (C=O) groups excluding carboxylic acids is 1. The molecule has 1 aromatic heterocycles. The summed E-state index contributed by atoms with van der Waals surface area (Å²) in [5.41, 5.74) is 6.29. The lowest BCUT2D eigenvalue weighted by atomic mass is 10.1. The molecule has 0 spiro atoms. The Morgan fingerprint density at radius 3 is 3.13 bits per heavy atom. The van der Waals surface area contributed by atoms with Gasteiger partial charge in [-0.05, 0) is 19.4 Å². The summed E-state index contributed by atoms with van der Waals surface area (Å²) in [6.45, 7) is 3.06. The Morgan fingerprint density at radius 1 is 1.73 bits per heavy atom. The summed E-state index contributed by atoms with van der Waals surface area (Å²) in [7, 11) is 0. The van der Waals surface area contributed by atoms with Gasteiger partial charge < -0.3 is 16.0 Å². The zero-order chi connectivity index (χ0) is 11.1. The van der Waals surface area contributed by atoms with Gasteiger partial charge in [-0.1, -0.05) is 6.92 Å². The largest absolute Gasteiger partial charge is 0.350 e. The van der Waals surface area contributed by atoms with Crippen molar-refractivity contribution in [2.75, 3.05) is 6.54 Å². The molecule has 15 heavy (non-hydrogen) atoms. The summed E-state index contributed by atoms with van der Waals surface area (Å²) < 4.78 is 0. The molecule has 0 aliphatic carbocycles. The maximum Gasteiger partial charge on any atom is 0.223 e. The Bertz CT molecular complexity index is 284. The van der Waals surface area contributed by atoms with Gasteiger partial charge in [0.15, 0.2) is 0 Å². The van der Waals surface area contributed by atoms with Gasteiger partial charge in [0.25, 0.3) is 0 Å². The lowest BCUT2D eigenvalue weighted by molar-refractivity contribution is -0.124. The van der Waals surface area contributed by atoms with Gasteiger partial charge in [0.05, 0.1) is 18.6 Å². The molecule has 1 aromatic rings. The molecule has 0 aliphatic heterocycles. The number of hydrogen-bond donors (Lipinski definition) is 3. The van der Waals surface area contributed by atoms with Gasteiger partial charge in [0.1, 0.15) is 0 Å². The summed E-state index contributed by atoms with van der Waals surface area (Å²) in [6, 6.07) is 0. The number of aromatic nitrogens is 2. The van der Waals surface area contributed by atoms with Gasteiger partial charge in [-0.3, -0.25) is 4.79 Å². The van der Waals surface area contributed by atoms with Crippen LogP contribution in [0.25, 0.3) is 0 Å². The molecule has 0 bridgehead atoms. The second-order valence-corrected chi connectivity index (χ2v) is 3.63. The monoisotopic (exact) mass is 210 g/mol. The number of nitrogens with one attached hydrogen (secondary N) is 2. The SMILES string of the molecule is CC(CCCN)C(=O)NCc1cnc[nH]1. The predicted molar refractivity (Wildman–Crippen MR) is 57.9 cm³/mol. The second kappa shape index (κ2) is 6.19. The lowest BCUT2D eigenvalue weighted by Gasteiger charge is -2.10. The van der Waals surface area contributed by atoms with Crippen molar-refractivity contribution < 1.29 is 4.79 Å². The number of amides is 1. The maximum absolute atomic E-state index is 11.6. The molecular formula is C10H18N4O. The van der Waals surface area contributed by atoms with E-state index in [0.717, 1.165) is 18.5 Å². The van der Waals surface area contributed by atoms with Crippen LogP contribution in [0.4, 0.5) is 0 Å². The Balaban J connectivity index is 2.23. The Morgan fingerprint density at radius 2 is 2.53 bits per heavy atom. The van der Waals surface area contributed by atoms with Gasteiger partial charge in [-0.15, -0.1) is 0 Å². The average Bonchev–Trinajstić information content (AvgIpc) is 2.75. The van der Waals surface area contributed by atoms with Crippen molar-refractivity contribution in [1.29, 1.82) is 0 Å². The summed E-state index contributed by atoms with van der Waals surface area (Å²) >= 11 is 0. The van der Waals surface area contributed by atoms with E-state index < -0.39 is 0 Å². The third-order valence-corrected chi connectivity index (χ3v) is 2.30. The molecule has 0 saturated heterocycles. The van der Waals surface area contributed by atoms with Crippen LogP contribution in [0.15, 0.2) is 12.5 Å². The van der Waals surface area contributed by atoms with Crippen LogP contribution in [0.2, 0.25) is 0 Å². The van der Waals surface area contributed by atoms with Crippen LogP contribution in [0, 0.1) is 5.92 Å². The number of hydrogen-bond acceptors (Lipinski definition) is 3. The average molecular weight is 210 g/mol. The van der Waals surface area contributed by atoms with E-state index in [2.05, 4.69) is 15.3 Å². The highest BCUT2D eigenvalue weighted by molar-refractivity contribution is 5.78. The Labute approximate surface area is 89.5 Å². The Kier molecular flexibility index (Phi) is 4.83. The second-order valence-electron chi connectivity index (χ2n) is 3.63. The molecule has 1 amide bonds. The molecule has 0 radical (unpaired) electrons. The van der Waals surface area contributed by atoms with Gasteiger partial charge in [0, 0.05) is 12.1 Å². The molecule has 1 atom stereocenters. The Hall–Kier alpha value is -1.36.